The molecule has 4 aromatic rings. The number of para-hydroxylation sites is 2. The van der Waals surface area contributed by atoms with Gasteiger partial charge in [-0.25, -0.2) is 9.59 Å². The highest BCUT2D eigenvalue weighted by Gasteiger charge is 2.01. The molecule has 2 aromatic heterocycles. The number of fused-ring (bicyclic) bond motifs is 2. The topological polar surface area (TPSA) is 80.6 Å². The summed E-state index contributed by atoms with van der Waals surface area (Å²) >= 11 is 0. The summed E-state index contributed by atoms with van der Waals surface area (Å²) in [6.45, 7) is 0. The van der Waals surface area contributed by atoms with Crippen molar-refractivity contribution in [3.05, 3.63) is 87.6 Å². The molecule has 114 valence electrons. The van der Waals surface area contributed by atoms with Gasteiger partial charge < -0.3 is 13.9 Å². The lowest BCUT2D eigenvalue weighted by Gasteiger charge is -1.96. The molecule has 5 heteroatoms. The molecule has 0 aliphatic heterocycles. The summed E-state index contributed by atoms with van der Waals surface area (Å²) in [7, 11) is 0. The Morgan fingerprint density at radius 2 is 1.35 bits per heavy atom. The smallest absolute Gasteiger partial charge is 0.339 e. The van der Waals surface area contributed by atoms with Gasteiger partial charge in [0.1, 0.15) is 16.9 Å². The molecular formula is C18H12O5. The van der Waals surface area contributed by atoms with Crippen molar-refractivity contribution in [2.24, 2.45) is 0 Å². The van der Waals surface area contributed by atoms with Gasteiger partial charge in [0.15, 0.2) is 0 Å². The molecule has 1 N–H and O–H groups in total. The van der Waals surface area contributed by atoms with E-state index < -0.39 is 5.63 Å². The standard InChI is InChI=1S/C9H6O3.C9H6O2/c10-7-5-9(11)12-8-4-2-1-3-6(7)8;10-9-6-5-7-3-1-2-4-8(7)11-9/h1-5,10H;1-6H. The number of rotatable bonds is 0. The van der Waals surface area contributed by atoms with E-state index >= 15 is 0 Å². The zero-order valence-corrected chi connectivity index (χ0v) is 11.9. The van der Waals surface area contributed by atoms with Crippen molar-refractivity contribution in [1.82, 2.24) is 0 Å². The van der Waals surface area contributed by atoms with Gasteiger partial charge in [-0.1, -0.05) is 30.3 Å². The van der Waals surface area contributed by atoms with E-state index in [2.05, 4.69) is 0 Å². The zero-order valence-electron chi connectivity index (χ0n) is 11.9. The Hall–Kier alpha value is -3.34. The first-order chi connectivity index (χ1) is 11.1. The van der Waals surface area contributed by atoms with Crippen molar-refractivity contribution in [2.75, 3.05) is 0 Å². The highest BCUT2D eigenvalue weighted by Crippen LogP contribution is 2.20. The van der Waals surface area contributed by atoms with Crippen molar-refractivity contribution >= 4 is 21.9 Å². The average Bonchev–Trinajstić information content (AvgIpc) is 2.55. The Balaban J connectivity index is 0.000000136. The largest absolute Gasteiger partial charge is 0.507 e. The summed E-state index contributed by atoms with van der Waals surface area (Å²) < 4.78 is 9.73. The number of hydrogen-bond donors (Lipinski definition) is 1. The van der Waals surface area contributed by atoms with Crippen molar-refractivity contribution < 1.29 is 13.9 Å². The molecule has 0 aliphatic rings. The maximum absolute atomic E-state index is 10.8. The highest BCUT2D eigenvalue weighted by atomic mass is 16.4. The number of benzene rings is 2. The van der Waals surface area contributed by atoms with E-state index in [0.717, 1.165) is 11.5 Å². The van der Waals surface area contributed by atoms with Crippen LogP contribution in [0.1, 0.15) is 0 Å². The molecule has 0 spiro atoms. The van der Waals surface area contributed by atoms with Crippen LogP contribution in [0.2, 0.25) is 0 Å². The lowest BCUT2D eigenvalue weighted by Crippen LogP contribution is -1.94. The van der Waals surface area contributed by atoms with E-state index in [9.17, 15) is 14.7 Å². The second-order valence-electron chi connectivity index (χ2n) is 4.74. The van der Waals surface area contributed by atoms with Crippen LogP contribution in [0.3, 0.4) is 0 Å². The molecule has 0 aliphatic carbocycles. The van der Waals surface area contributed by atoms with Crippen LogP contribution in [-0.2, 0) is 0 Å². The minimum atomic E-state index is -0.536. The van der Waals surface area contributed by atoms with Gasteiger partial charge in [-0.15, -0.1) is 0 Å². The lowest BCUT2D eigenvalue weighted by molar-refractivity contribution is 0.468. The summed E-state index contributed by atoms with van der Waals surface area (Å²) in [5.41, 5.74) is 0.206. The third-order valence-corrected chi connectivity index (χ3v) is 3.16. The molecule has 0 bridgehead atoms. The van der Waals surface area contributed by atoms with Crippen LogP contribution in [-0.4, -0.2) is 5.11 Å². The van der Waals surface area contributed by atoms with Crippen molar-refractivity contribution in [3.8, 4) is 5.75 Å². The number of hydrogen-bond acceptors (Lipinski definition) is 5. The van der Waals surface area contributed by atoms with Gasteiger partial charge in [-0.2, -0.15) is 0 Å². The Bertz CT molecular complexity index is 1080. The summed E-state index contributed by atoms with van der Waals surface area (Å²) in [6.07, 6.45) is 0. The molecular weight excluding hydrogens is 296 g/mol. The molecule has 23 heavy (non-hydrogen) atoms. The summed E-state index contributed by atoms with van der Waals surface area (Å²) in [5.74, 6) is -0.0400. The van der Waals surface area contributed by atoms with Gasteiger partial charge >= 0.3 is 11.3 Å². The molecule has 0 atom stereocenters. The van der Waals surface area contributed by atoms with Gasteiger partial charge in [0.05, 0.1) is 11.5 Å². The first kappa shape index (κ1) is 14.6. The molecule has 4 rings (SSSR count). The van der Waals surface area contributed by atoms with E-state index in [-0.39, 0.29) is 11.4 Å². The third-order valence-electron chi connectivity index (χ3n) is 3.16. The van der Waals surface area contributed by atoms with Crippen molar-refractivity contribution in [2.45, 2.75) is 0 Å². The second kappa shape index (κ2) is 6.19. The molecule has 0 radical (unpaired) electrons. The van der Waals surface area contributed by atoms with Crippen LogP contribution in [0.4, 0.5) is 0 Å². The van der Waals surface area contributed by atoms with E-state index in [0.29, 0.717) is 16.6 Å². The first-order valence-electron chi connectivity index (χ1n) is 6.84. The molecule has 0 unspecified atom stereocenters. The first-order valence-corrected chi connectivity index (χ1v) is 6.84. The maximum Gasteiger partial charge on any atom is 0.339 e. The highest BCUT2D eigenvalue weighted by molar-refractivity contribution is 5.82. The minimum absolute atomic E-state index is 0.0400. The van der Waals surface area contributed by atoms with Crippen LogP contribution in [0.15, 0.2) is 85.2 Å². The Kier molecular flexibility index (Phi) is 3.93. The molecule has 2 heterocycles. The van der Waals surface area contributed by atoms with Crippen LogP contribution in [0, 0.1) is 0 Å². The normalized spacial score (nSPS) is 10.3. The summed E-state index contributed by atoms with van der Waals surface area (Å²) in [4.78, 5) is 21.5. The fourth-order valence-corrected chi connectivity index (χ4v) is 2.11. The van der Waals surface area contributed by atoms with Gasteiger partial charge in [-0.05, 0) is 24.3 Å². The predicted molar refractivity (Wildman–Crippen MR) is 86.6 cm³/mol. The van der Waals surface area contributed by atoms with E-state index in [1.165, 1.54) is 6.07 Å². The predicted octanol–water partition coefficient (Wildman–Crippen LogP) is 3.29. The summed E-state index contributed by atoms with van der Waals surface area (Å²) in [6, 6.07) is 18.5. The number of aromatic hydroxyl groups is 1. The third kappa shape index (κ3) is 3.29. The molecule has 0 fully saturated rings. The average molecular weight is 308 g/mol. The molecule has 0 saturated carbocycles. The molecule has 5 nitrogen and oxygen atoms in total. The van der Waals surface area contributed by atoms with Crippen LogP contribution >= 0.6 is 0 Å². The fourth-order valence-electron chi connectivity index (χ4n) is 2.11. The molecule has 0 saturated heterocycles. The maximum atomic E-state index is 10.8. The Labute approximate surface area is 130 Å². The SMILES string of the molecule is O=c1cc(O)c2ccccc2o1.O=c1ccc2ccccc2o1. The monoisotopic (exact) mass is 308 g/mol. The lowest BCUT2D eigenvalue weighted by atomic mass is 10.2. The van der Waals surface area contributed by atoms with E-state index in [1.807, 2.05) is 18.2 Å². The van der Waals surface area contributed by atoms with Gasteiger partial charge in [0.25, 0.3) is 0 Å². The van der Waals surface area contributed by atoms with E-state index in [1.54, 1.807) is 36.4 Å². The van der Waals surface area contributed by atoms with Crippen LogP contribution < -0.4 is 11.3 Å². The molecule has 0 amide bonds. The van der Waals surface area contributed by atoms with Crippen LogP contribution in [0.25, 0.3) is 21.9 Å². The van der Waals surface area contributed by atoms with Gasteiger partial charge in [0.2, 0.25) is 0 Å². The van der Waals surface area contributed by atoms with Crippen molar-refractivity contribution in [1.29, 1.82) is 0 Å². The Morgan fingerprint density at radius 3 is 2.17 bits per heavy atom. The zero-order chi connectivity index (χ0) is 16.2. The fraction of sp³-hybridized carbons (Fsp3) is 0. The Morgan fingerprint density at radius 1 is 0.696 bits per heavy atom. The van der Waals surface area contributed by atoms with Gasteiger partial charge in [-0.3, -0.25) is 0 Å². The second-order valence-corrected chi connectivity index (χ2v) is 4.74. The van der Waals surface area contributed by atoms with Gasteiger partial charge in [0, 0.05) is 11.5 Å². The van der Waals surface area contributed by atoms with E-state index in [4.69, 9.17) is 8.83 Å². The molecule has 2 aromatic carbocycles. The summed E-state index contributed by atoms with van der Waals surface area (Å²) in [5, 5.41) is 10.8. The quantitative estimate of drug-likeness (QED) is 0.504. The minimum Gasteiger partial charge on any atom is -0.507 e. The van der Waals surface area contributed by atoms with Crippen molar-refractivity contribution in [3.63, 3.8) is 0 Å². The van der Waals surface area contributed by atoms with Crippen LogP contribution in [0.5, 0.6) is 5.75 Å².